The minimum Gasteiger partial charge on any atom is -0.377 e. The van der Waals surface area contributed by atoms with Gasteiger partial charge < -0.3 is 4.18 Å². The van der Waals surface area contributed by atoms with Crippen LogP contribution >= 0.6 is 11.6 Å². The zero-order valence-corrected chi connectivity index (χ0v) is 11.5. The lowest BCUT2D eigenvalue weighted by Gasteiger charge is -2.09. The molecule has 0 heterocycles. The average molecular weight is 341 g/mol. The van der Waals surface area contributed by atoms with Gasteiger partial charge in [0.2, 0.25) is 0 Å². The highest BCUT2D eigenvalue weighted by Gasteiger charge is 2.26. The molecule has 21 heavy (non-hydrogen) atoms. The first-order valence-electron chi connectivity index (χ1n) is 5.25. The van der Waals surface area contributed by atoms with Gasteiger partial charge in [-0.15, -0.1) is 0 Å². The van der Waals surface area contributed by atoms with E-state index in [1.807, 2.05) is 0 Å². The molecular formula is C12H5ClF4O3S. The van der Waals surface area contributed by atoms with E-state index < -0.39 is 44.0 Å². The summed E-state index contributed by atoms with van der Waals surface area (Å²) < 4.78 is 80.2. The minimum atomic E-state index is -4.81. The van der Waals surface area contributed by atoms with Crippen molar-refractivity contribution >= 4 is 21.7 Å². The predicted octanol–water partition coefficient (Wildman–Crippen LogP) is 3.66. The van der Waals surface area contributed by atoms with Crippen LogP contribution in [0.15, 0.2) is 35.2 Å². The second-order valence-corrected chi connectivity index (χ2v) is 5.71. The highest BCUT2D eigenvalue weighted by molar-refractivity contribution is 7.87. The summed E-state index contributed by atoms with van der Waals surface area (Å²) in [6.45, 7) is 0. The third-order valence-corrected chi connectivity index (χ3v) is 3.91. The third kappa shape index (κ3) is 3.11. The van der Waals surface area contributed by atoms with Crippen LogP contribution in [0.5, 0.6) is 5.75 Å². The van der Waals surface area contributed by atoms with Crippen molar-refractivity contribution in [3.8, 4) is 5.75 Å². The van der Waals surface area contributed by atoms with Crippen LogP contribution in [-0.2, 0) is 10.1 Å². The van der Waals surface area contributed by atoms with Gasteiger partial charge in [0, 0.05) is 0 Å². The van der Waals surface area contributed by atoms with Crippen molar-refractivity contribution in [3.63, 3.8) is 0 Å². The van der Waals surface area contributed by atoms with Gasteiger partial charge in [0.05, 0.1) is 5.02 Å². The standard InChI is InChI=1S/C12H5ClF4O3S/c13-7-5-6(14)1-3-9(7)20-21(18,19)10-4-2-8(15)11(16)12(10)17/h1-5H. The van der Waals surface area contributed by atoms with Gasteiger partial charge >= 0.3 is 10.1 Å². The number of benzene rings is 2. The van der Waals surface area contributed by atoms with Crippen LogP contribution in [0.25, 0.3) is 0 Å². The van der Waals surface area contributed by atoms with Crippen LogP contribution in [0, 0.1) is 23.3 Å². The molecule has 0 aliphatic heterocycles. The Morgan fingerprint density at radius 2 is 1.62 bits per heavy atom. The van der Waals surface area contributed by atoms with Crippen molar-refractivity contribution in [1.29, 1.82) is 0 Å². The van der Waals surface area contributed by atoms with Gasteiger partial charge in [-0.25, -0.2) is 17.6 Å². The largest absolute Gasteiger partial charge is 0.377 e. The molecule has 0 radical (unpaired) electrons. The second-order valence-electron chi connectivity index (χ2n) is 3.79. The van der Waals surface area contributed by atoms with E-state index >= 15 is 0 Å². The van der Waals surface area contributed by atoms with Crippen molar-refractivity contribution in [2.45, 2.75) is 4.90 Å². The molecule has 9 heteroatoms. The Bertz CT molecular complexity index is 808. The molecular weight excluding hydrogens is 336 g/mol. The van der Waals surface area contributed by atoms with Gasteiger partial charge in [0.1, 0.15) is 10.7 Å². The molecule has 2 aromatic carbocycles. The number of rotatable bonds is 3. The van der Waals surface area contributed by atoms with Gasteiger partial charge in [0.15, 0.2) is 23.2 Å². The Hall–Kier alpha value is -1.80. The fourth-order valence-electron chi connectivity index (χ4n) is 1.41. The first kappa shape index (κ1) is 15.6. The van der Waals surface area contributed by atoms with E-state index in [-0.39, 0.29) is 5.02 Å². The van der Waals surface area contributed by atoms with Crippen LogP contribution in [0.3, 0.4) is 0 Å². The number of hydrogen-bond donors (Lipinski definition) is 0. The van der Waals surface area contributed by atoms with E-state index in [0.717, 1.165) is 18.2 Å². The molecule has 0 spiro atoms. The van der Waals surface area contributed by atoms with Crippen LogP contribution in [0.1, 0.15) is 0 Å². The van der Waals surface area contributed by atoms with Crippen LogP contribution in [0.2, 0.25) is 5.02 Å². The lowest BCUT2D eigenvalue weighted by molar-refractivity contribution is 0.423. The van der Waals surface area contributed by atoms with Gasteiger partial charge in [-0.3, -0.25) is 0 Å². The van der Waals surface area contributed by atoms with E-state index in [1.165, 1.54) is 0 Å². The maximum atomic E-state index is 13.5. The smallest absolute Gasteiger partial charge is 0.342 e. The molecule has 0 aromatic heterocycles. The quantitative estimate of drug-likeness (QED) is 0.486. The number of halogens is 5. The second kappa shape index (κ2) is 5.53. The van der Waals surface area contributed by atoms with E-state index in [2.05, 4.69) is 4.18 Å². The summed E-state index contributed by atoms with van der Waals surface area (Å²) in [6.07, 6.45) is 0. The van der Waals surface area contributed by atoms with Gasteiger partial charge in [-0.05, 0) is 30.3 Å². The third-order valence-electron chi connectivity index (χ3n) is 2.36. The normalized spacial score (nSPS) is 11.5. The van der Waals surface area contributed by atoms with E-state index in [9.17, 15) is 26.0 Å². The summed E-state index contributed by atoms with van der Waals surface area (Å²) in [5, 5.41) is -0.387. The summed E-state index contributed by atoms with van der Waals surface area (Å²) in [6, 6.07) is 3.46. The van der Waals surface area contributed by atoms with E-state index in [0.29, 0.717) is 12.1 Å². The fourth-order valence-corrected chi connectivity index (χ4v) is 2.67. The molecule has 0 aliphatic carbocycles. The molecule has 0 aliphatic rings. The molecule has 0 unspecified atom stereocenters. The molecule has 0 saturated heterocycles. The van der Waals surface area contributed by atoms with Crippen LogP contribution in [0.4, 0.5) is 17.6 Å². The maximum Gasteiger partial charge on any atom is 0.342 e. The summed E-state index contributed by atoms with van der Waals surface area (Å²) in [4.78, 5) is -1.21. The summed E-state index contributed by atoms with van der Waals surface area (Å²) in [5.41, 5.74) is 0. The molecule has 3 nitrogen and oxygen atoms in total. The zero-order valence-electron chi connectivity index (χ0n) is 9.91. The Balaban J connectivity index is 2.46. The first-order valence-corrected chi connectivity index (χ1v) is 7.04. The maximum absolute atomic E-state index is 13.5. The van der Waals surface area contributed by atoms with Crippen molar-refractivity contribution in [1.82, 2.24) is 0 Å². The molecule has 0 bridgehead atoms. The summed E-state index contributed by atoms with van der Waals surface area (Å²) in [5.74, 6) is -6.66. The Morgan fingerprint density at radius 3 is 2.24 bits per heavy atom. The highest BCUT2D eigenvalue weighted by Crippen LogP contribution is 2.29. The van der Waals surface area contributed by atoms with Crippen LogP contribution < -0.4 is 4.18 Å². The predicted molar refractivity (Wildman–Crippen MR) is 65.5 cm³/mol. The van der Waals surface area contributed by atoms with Crippen LogP contribution in [-0.4, -0.2) is 8.42 Å². The molecule has 0 atom stereocenters. The lowest BCUT2D eigenvalue weighted by atomic mass is 10.3. The van der Waals surface area contributed by atoms with E-state index in [4.69, 9.17) is 11.6 Å². The van der Waals surface area contributed by atoms with Crippen molar-refractivity contribution in [3.05, 3.63) is 58.6 Å². The van der Waals surface area contributed by atoms with Gasteiger partial charge in [-0.2, -0.15) is 8.42 Å². The monoisotopic (exact) mass is 340 g/mol. The SMILES string of the molecule is O=S(=O)(Oc1ccc(F)cc1Cl)c1ccc(F)c(F)c1F. The van der Waals surface area contributed by atoms with Crippen molar-refractivity contribution in [2.75, 3.05) is 0 Å². The number of hydrogen-bond acceptors (Lipinski definition) is 3. The molecule has 2 rings (SSSR count). The fraction of sp³-hybridized carbons (Fsp3) is 0. The molecule has 0 fully saturated rings. The Kier molecular flexibility index (Phi) is 4.11. The topological polar surface area (TPSA) is 43.4 Å². The Labute approximate surface area is 121 Å². The minimum absolute atomic E-state index is 0.387. The Morgan fingerprint density at radius 1 is 0.952 bits per heavy atom. The first-order chi connectivity index (χ1) is 9.72. The molecule has 0 N–H and O–H groups in total. The molecule has 112 valence electrons. The lowest BCUT2D eigenvalue weighted by Crippen LogP contribution is -2.13. The van der Waals surface area contributed by atoms with Gasteiger partial charge in [-0.1, -0.05) is 11.6 Å². The highest BCUT2D eigenvalue weighted by atomic mass is 35.5. The van der Waals surface area contributed by atoms with E-state index in [1.54, 1.807) is 0 Å². The van der Waals surface area contributed by atoms with Crippen molar-refractivity contribution in [2.24, 2.45) is 0 Å². The zero-order chi connectivity index (χ0) is 15.8. The summed E-state index contributed by atoms with van der Waals surface area (Å²) in [7, 11) is -4.81. The molecule has 2 aromatic rings. The average Bonchev–Trinajstić information content (AvgIpc) is 2.39. The summed E-state index contributed by atoms with van der Waals surface area (Å²) >= 11 is 5.56. The molecule has 0 amide bonds. The van der Waals surface area contributed by atoms with Gasteiger partial charge in [0.25, 0.3) is 0 Å². The molecule has 0 saturated carbocycles. The van der Waals surface area contributed by atoms with Crippen molar-refractivity contribution < 1.29 is 30.2 Å².